The zero-order valence-corrected chi connectivity index (χ0v) is 19.0. The molecule has 5 rings (SSSR count). The Hall–Kier alpha value is -3.90. The summed E-state index contributed by atoms with van der Waals surface area (Å²) in [5.74, 6) is 0.170. The molecular weight excluding hydrogens is 396 g/mol. The Labute approximate surface area is 197 Å². The highest BCUT2D eigenvalue weighted by Gasteiger charge is 2.18. The second-order valence-electron chi connectivity index (χ2n) is 8.51. The second kappa shape index (κ2) is 9.71. The standard InChI is InChI=1S/C33H28/c1-2-25-19-21-28(22-20-25)33(31-17-9-15-29(23-31)26-11-5-3-6-12-26)32-18-10-16-30(24-32)27-13-7-4-8-14-27/h3-24,33H,2H2,1H3. The Bertz CT molecular complexity index is 1230. The SMILES string of the molecule is CCc1ccc(C(c2cccc(-c3ccccc3)c2)c2cccc(-c3ccccc3)c2)cc1. The quantitative estimate of drug-likeness (QED) is 0.239. The highest BCUT2D eigenvalue weighted by molar-refractivity contribution is 5.67. The fourth-order valence-corrected chi connectivity index (χ4v) is 4.58. The van der Waals surface area contributed by atoms with Crippen LogP contribution in [0.25, 0.3) is 22.3 Å². The van der Waals surface area contributed by atoms with E-state index in [1.807, 2.05) is 0 Å². The second-order valence-corrected chi connectivity index (χ2v) is 8.51. The highest BCUT2D eigenvalue weighted by atomic mass is 14.2. The zero-order valence-electron chi connectivity index (χ0n) is 19.0. The molecule has 160 valence electrons. The van der Waals surface area contributed by atoms with Crippen molar-refractivity contribution in [1.82, 2.24) is 0 Å². The first-order valence-corrected chi connectivity index (χ1v) is 11.7. The van der Waals surface area contributed by atoms with Crippen molar-refractivity contribution in [3.05, 3.63) is 156 Å². The molecule has 33 heavy (non-hydrogen) atoms. The Kier molecular flexibility index (Phi) is 6.17. The molecule has 0 aliphatic carbocycles. The lowest BCUT2D eigenvalue weighted by Crippen LogP contribution is -2.04. The Morgan fingerprint density at radius 2 is 0.879 bits per heavy atom. The molecule has 0 fully saturated rings. The van der Waals surface area contributed by atoms with Crippen molar-refractivity contribution in [2.45, 2.75) is 19.3 Å². The van der Waals surface area contributed by atoms with Gasteiger partial charge in [0.05, 0.1) is 0 Å². The third-order valence-corrected chi connectivity index (χ3v) is 6.38. The molecule has 5 aromatic rings. The Morgan fingerprint density at radius 1 is 0.424 bits per heavy atom. The van der Waals surface area contributed by atoms with Crippen LogP contribution < -0.4 is 0 Å². The van der Waals surface area contributed by atoms with Gasteiger partial charge < -0.3 is 0 Å². The van der Waals surface area contributed by atoms with Crippen LogP contribution in [-0.4, -0.2) is 0 Å². The van der Waals surface area contributed by atoms with Gasteiger partial charge in [-0.2, -0.15) is 0 Å². The van der Waals surface area contributed by atoms with Crippen molar-refractivity contribution in [3.63, 3.8) is 0 Å². The minimum Gasteiger partial charge on any atom is -0.0622 e. The van der Waals surface area contributed by atoms with Crippen LogP contribution in [0.4, 0.5) is 0 Å². The fraction of sp³-hybridized carbons (Fsp3) is 0.0909. The number of hydrogen-bond donors (Lipinski definition) is 0. The van der Waals surface area contributed by atoms with Crippen LogP contribution in [0.5, 0.6) is 0 Å². The summed E-state index contributed by atoms with van der Waals surface area (Å²) in [6.07, 6.45) is 1.05. The zero-order chi connectivity index (χ0) is 22.5. The average molecular weight is 425 g/mol. The molecule has 0 amide bonds. The first-order chi connectivity index (χ1) is 16.3. The van der Waals surface area contributed by atoms with Gasteiger partial charge in [0.2, 0.25) is 0 Å². The topological polar surface area (TPSA) is 0 Å². The van der Waals surface area contributed by atoms with Gasteiger partial charge in [0.1, 0.15) is 0 Å². The van der Waals surface area contributed by atoms with E-state index < -0.39 is 0 Å². The van der Waals surface area contributed by atoms with E-state index in [1.165, 1.54) is 44.5 Å². The summed E-state index contributed by atoms with van der Waals surface area (Å²) in [7, 11) is 0. The lowest BCUT2D eigenvalue weighted by Gasteiger charge is -2.21. The summed E-state index contributed by atoms with van der Waals surface area (Å²) in [5.41, 5.74) is 10.3. The van der Waals surface area contributed by atoms with Crippen LogP contribution in [0, 0.1) is 0 Å². The van der Waals surface area contributed by atoms with E-state index in [4.69, 9.17) is 0 Å². The summed E-state index contributed by atoms with van der Waals surface area (Å²) >= 11 is 0. The molecule has 0 unspecified atom stereocenters. The molecule has 0 saturated heterocycles. The van der Waals surface area contributed by atoms with Crippen LogP contribution >= 0.6 is 0 Å². The van der Waals surface area contributed by atoms with Crippen LogP contribution in [0.3, 0.4) is 0 Å². The third-order valence-electron chi connectivity index (χ3n) is 6.38. The summed E-state index contributed by atoms with van der Waals surface area (Å²) in [6.45, 7) is 2.21. The molecule has 0 spiro atoms. The third kappa shape index (κ3) is 4.66. The first-order valence-electron chi connectivity index (χ1n) is 11.7. The van der Waals surface area contributed by atoms with Crippen molar-refractivity contribution in [2.24, 2.45) is 0 Å². The van der Waals surface area contributed by atoms with E-state index in [-0.39, 0.29) is 5.92 Å². The van der Waals surface area contributed by atoms with Crippen LogP contribution in [0.15, 0.2) is 133 Å². The van der Waals surface area contributed by atoms with E-state index in [0.29, 0.717) is 0 Å². The molecule has 0 saturated carbocycles. The number of benzene rings is 5. The maximum absolute atomic E-state index is 2.35. The van der Waals surface area contributed by atoms with Gasteiger partial charge in [-0.1, -0.05) is 140 Å². The molecule has 5 aromatic carbocycles. The minimum absolute atomic E-state index is 0.170. The Balaban J connectivity index is 1.64. The molecule has 0 atom stereocenters. The van der Waals surface area contributed by atoms with Crippen LogP contribution in [-0.2, 0) is 6.42 Å². The van der Waals surface area contributed by atoms with E-state index in [9.17, 15) is 0 Å². The molecule has 0 heterocycles. The number of hydrogen-bond acceptors (Lipinski definition) is 0. The van der Waals surface area contributed by atoms with E-state index >= 15 is 0 Å². The van der Waals surface area contributed by atoms with Crippen LogP contribution in [0.2, 0.25) is 0 Å². The van der Waals surface area contributed by atoms with Gasteiger partial charge in [0, 0.05) is 5.92 Å². The predicted molar refractivity (Wildman–Crippen MR) is 141 cm³/mol. The molecule has 0 bridgehead atoms. The maximum atomic E-state index is 2.35. The van der Waals surface area contributed by atoms with Crippen molar-refractivity contribution in [3.8, 4) is 22.3 Å². The van der Waals surface area contributed by atoms with Gasteiger partial charge in [-0.15, -0.1) is 0 Å². The smallest absolute Gasteiger partial charge is 0.0340 e. The van der Waals surface area contributed by atoms with Crippen LogP contribution in [0.1, 0.15) is 35.1 Å². The van der Waals surface area contributed by atoms with Gasteiger partial charge in [0.25, 0.3) is 0 Å². The first kappa shape index (κ1) is 21.0. The maximum Gasteiger partial charge on any atom is 0.0340 e. The summed E-state index contributed by atoms with van der Waals surface area (Å²) in [4.78, 5) is 0. The number of aryl methyl sites for hydroxylation is 1. The van der Waals surface area contributed by atoms with Gasteiger partial charge >= 0.3 is 0 Å². The lowest BCUT2D eigenvalue weighted by atomic mass is 9.83. The summed E-state index contributed by atoms with van der Waals surface area (Å²) in [6, 6.07) is 48.4. The van der Waals surface area contributed by atoms with Crippen molar-refractivity contribution in [1.29, 1.82) is 0 Å². The Morgan fingerprint density at radius 3 is 1.33 bits per heavy atom. The fourth-order valence-electron chi connectivity index (χ4n) is 4.58. The lowest BCUT2D eigenvalue weighted by molar-refractivity contribution is 0.973. The van der Waals surface area contributed by atoms with Crippen molar-refractivity contribution < 1.29 is 0 Å². The van der Waals surface area contributed by atoms with Gasteiger partial charge in [-0.3, -0.25) is 0 Å². The number of rotatable bonds is 6. The molecule has 0 radical (unpaired) electrons. The van der Waals surface area contributed by atoms with Gasteiger partial charge in [-0.05, 0) is 50.9 Å². The minimum atomic E-state index is 0.170. The molecule has 0 heteroatoms. The average Bonchev–Trinajstić information content (AvgIpc) is 2.91. The normalized spacial score (nSPS) is 11.0. The van der Waals surface area contributed by atoms with Crippen molar-refractivity contribution in [2.75, 3.05) is 0 Å². The molecule has 0 N–H and O–H groups in total. The molecule has 0 aliphatic rings. The molecule has 0 nitrogen and oxygen atoms in total. The largest absolute Gasteiger partial charge is 0.0622 e. The molecule has 0 aliphatic heterocycles. The monoisotopic (exact) mass is 424 g/mol. The molecule has 0 aromatic heterocycles. The molecular formula is C33H28. The van der Waals surface area contributed by atoms with E-state index in [2.05, 4.69) is 140 Å². The highest BCUT2D eigenvalue weighted by Crippen LogP contribution is 2.36. The van der Waals surface area contributed by atoms with Crippen molar-refractivity contribution >= 4 is 0 Å². The predicted octanol–water partition coefficient (Wildman–Crippen LogP) is 8.76. The van der Waals surface area contributed by atoms with Gasteiger partial charge in [-0.25, -0.2) is 0 Å². The van der Waals surface area contributed by atoms with E-state index in [0.717, 1.165) is 6.42 Å². The van der Waals surface area contributed by atoms with E-state index in [1.54, 1.807) is 0 Å². The van der Waals surface area contributed by atoms with Gasteiger partial charge in [0.15, 0.2) is 0 Å². The summed E-state index contributed by atoms with van der Waals surface area (Å²) < 4.78 is 0. The summed E-state index contributed by atoms with van der Waals surface area (Å²) in [5, 5.41) is 0.